The fourth-order valence-corrected chi connectivity index (χ4v) is 4.23. The lowest BCUT2D eigenvalue weighted by Gasteiger charge is -2.26. The molecule has 1 aromatic heterocycles. The van der Waals surface area contributed by atoms with Gasteiger partial charge in [0.1, 0.15) is 5.82 Å². The highest BCUT2D eigenvalue weighted by atomic mass is 32.1. The summed E-state index contributed by atoms with van der Waals surface area (Å²) >= 11 is 1.58. The van der Waals surface area contributed by atoms with E-state index >= 15 is 0 Å². The van der Waals surface area contributed by atoms with Gasteiger partial charge in [0.2, 0.25) is 0 Å². The van der Waals surface area contributed by atoms with E-state index in [1.807, 2.05) is 6.07 Å². The third kappa shape index (κ3) is 3.12. The van der Waals surface area contributed by atoms with Crippen molar-refractivity contribution in [1.82, 2.24) is 0 Å². The second-order valence-corrected chi connectivity index (χ2v) is 7.15. The maximum atomic E-state index is 14.1. The quantitative estimate of drug-likeness (QED) is 0.896. The third-order valence-electron chi connectivity index (χ3n) is 4.46. The van der Waals surface area contributed by atoms with Crippen molar-refractivity contribution in [2.24, 2.45) is 11.7 Å². The van der Waals surface area contributed by atoms with Crippen molar-refractivity contribution in [1.29, 1.82) is 0 Å². The van der Waals surface area contributed by atoms with Gasteiger partial charge in [0.15, 0.2) is 0 Å². The molecular formula is C17H22FNOS. The maximum absolute atomic E-state index is 14.1. The summed E-state index contributed by atoms with van der Waals surface area (Å²) in [4.78, 5) is 1.04. The smallest absolute Gasteiger partial charge is 0.132 e. The van der Waals surface area contributed by atoms with E-state index < -0.39 is 0 Å². The average Bonchev–Trinajstić information content (AvgIpc) is 2.86. The first kappa shape index (κ1) is 14.9. The van der Waals surface area contributed by atoms with Crippen LogP contribution >= 0.6 is 11.3 Å². The van der Waals surface area contributed by atoms with Gasteiger partial charge in [-0.25, -0.2) is 4.39 Å². The van der Waals surface area contributed by atoms with Crippen molar-refractivity contribution in [3.63, 3.8) is 0 Å². The monoisotopic (exact) mass is 307 g/mol. The third-order valence-corrected chi connectivity index (χ3v) is 5.68. The summed E-state index contributed by atoms with van der Waals surface area (Å²) < 4.78 is 21.2. The van der Waals surface area contributed by atoms with Crippen LogP contribution in [0.3, 0.4) is 0 Å². The number of thiophene rings is 1. The number of hydrogen-bond donors (Lipinski definition) is 1. The molecule has 0 amide bonds. The summed E-state index contributed by atoms with van der Waals surface area (Å²) in [5, 5.41) is 0.701. The fraction of sp³-hybridized carbons (Fsp3) is 0.529. The molecule has 1 aliphatic rings. The summed E-state index contributed by atoms with van der Waals surface area (Å²) in [5.41, 5.74) is 6.78. The molecule has 2 aromatic rings. The number of rotatable bonds is 4. The van der Waals surface area contributed by atoms with Crippen LogP contribution in [0.1, 0.15) is 43.0 Å². The molecule has 1 heterocycles. The molecule has 21 heavy (non-hydrogen) atoms. The molecule has 3 rings (SSSR count). The maximum Gasteiger partial charge on any atom is 0.132 e. The first-order chi connectivity index (χ1) is 10.2. The summed E-state index contributed by atoms with van der Waals surface area (Å²) in [5.74, 6) is 0.642. The summed E-state index contributed by atoms with van der Waals surface area (Å²) in [7, 11) is 0. The number of benzene rings is 1. The Kier molecular flexibility index (Phi) is 4.57. The molecule has 1 aliphatic carbocycles. The number of halogens is 1. The fourth-order valence-electron chi connectivity index (χ4n) is 3.13. The van der Waals surface area contributed by atoms with Crippen LogP contribution in [0.15, 0.2) is 18.2 Å². The van der Waals surface area contributed by atoms with Crippen molar-refractivity contribution in [2.75, 3.05) is 0 Å². The summed E-state index contributed by atoms with van der Waals surface area (Å²) in [6.07, 6.45) is 5.00. The predicted octanol–water partition coefficient (Wildman–Crippen LogP) is 4.59. The van der Waals surface area contributed by atoms with Gasteiger partial charge in [0.05, 0.1) is 12.7 Å². The van der Waals surface area contributed by atoms with E-state index in [2.05, 4.69) is 6.92 Å². The van der Waals surface area contributed by atoms with E-state index in [-0.39, 0.29) is 5.82 Å². The van der Waals surface area contributed by atoms with E-state index in [4.69, 9.17) is 10.5 Å². The van der Waals surface area contributed by atoms with Crippen LogP contribution in [-0.4, -0.2) is 6.10 Å². The molecule has 0 aliphatic heterocycles. The molecule has 0 saturated heterocycles. The standard InChI is InChI=1S/C17H22FNOS/c1-11-5-7-12(8-6-11)20-10-13-16(9-19)21-15-4-2-3-14(18)17(13)15/h2-4,11-12H,5-10,19H2,1H3. The van der Waals surface area contributed by atoms with E-state index in [0.717, 1.165) is 33.9 Å². The molecule has 1 fully saturated rings. The van der Waals surface area contributed by atoms with Gasteiger partial charge in [-0.3, -0.25) is 0 Å². The van der Waals surface area contributed by atoms with E-state index in [9.17, 15) is 4.39 Å². The molecule has 4 heteroatoms. The van der Waals surface area contributed by atoms with Crippen LogP contribution < -0.4 is 5.73 Å². The van der Waals surface area contributed by atoms with Gasteiger partial charge in [0.25, 0.3) is 0 Å². The number of nitrogens with two attached hydrogens (primary N) is 1. The molecule has 2 N–H and O–H groups in total. The van der Waals surface area contributed by atoms with Crippen molar-refractivity contribution < 1.29 is 9.13 Å². The van der Waals surface area contributed by atoms with Gasteiger partial charge in [-0.1, -0.05) is 13.0 Å². The Bertz CT molecular complexity index is 617. The molecule has 114 valence electrons. The predicted molar refractivity (Wildman–Crippen MR) is 85.9 cm³/mol. The molecule has 1 saturated carbocycles. The Morgan fingerprint density at radius 3 is 2.76 bits per heavy atom. The zero-order chi connectivity index (χ0) is 14.8. The molecular weight excluding hydrogens is 285 g/mol. The minimum Gasteiger partial charge on any atom is -0.373 e. The molecule has 0 atom stereocenters. The lowest BCUT2D eigenvalue weighted by atomic mass is 9.89. The van der Waals surface area contributed by atoms with Gasteiger partial charge in [-0.15, -0.1) is 11.3 Å². The molecule has 0 radical (unpaired) electrons. The van der Waals surface area contributed by atoms with Crippen LogP contribution in [0.4, 0.5) is 4.39 Å². The summed E-state index contributed by atoms with van der Waals surface area (Å²) in [6, 6.07) is 5.22. The number of fused-ring (bicyclic) bond motifs is 1. The van der Waals surface area contributed by atoms with Gasteiger partial charge in [-0.05, 0) is 43.7 Å². The average molecular weight is 307 g/mol. The normalized spacial score (nSPS) is 22.8. The topological polar surface area (TPSA) is 35.2 Å². The first-order valence-corrected chi connectivity index (χ1v) is 8.51. The summed E-state index contributed by atoms with van der Waals surface area (Å²) in [6.45, 7) is 3.22. The molecule has 2 nitrogen and oxygen atoms in total. The zero-order valence-electron chi connectivity index (χ0n) is 12.4. The minimum absolute atomic E-state index is 0.167. The van der Waals surface area contributed by atoms with Gasteiger partial charge < -0.3 is 10.5 Å². The van der Waals surface area contributed by atoms with Crippen LogP contribution in [0.2, 0.25) is 0 Å². The molecule has 0 bridgehead atoms. The Hall–Kier alpha value is -0.970. The second-order valence-electron chi connectivity index (χ2n) is 6.01. The van der Waals surface area contributed by atoms with Crippen molar-refractivity contribution in [3.8, 4) is 0 Å². The molecule has 1 aromatic carbocycles. The van der Waals surface area contributed by atoms with E-state index in [1.54, 1.807) is 17.4 Å². The van der Waals surface area contributed by atoms with Gasteiger partial charge in [0, 0.05) is 27.1 Å². The Morgan fingerprint density at radius 2 is 2.05 bits per heavy atom. The SMILES string of the molecule is CC1CCC(OCc2c(CN)sc3cccc(F)c23)CC1. The zero-order valence-corrected chi connectivity index (χ0v) is 13.2. The Balaban J connectivity index is 1.79. The van der Waals surface area contributed by atoms with Crippen LogP contribution in [-0.2, 0) is 17.9 Å². The van der Waals surface area contributed by atoms with Gasteiger partial charge >= 0.3 is 0 Å². The van der Waals surface area contributed by atoms with E-state index in [0.29, 0.717) is 24.6 Å². The highest BCUT2D eigenvalue weighted by Crippen LogP contribution is 2.34. The minimum atomic E-state index is -0.167. The largest absolute Gasteiger partial charge is 0.373 e. The van der Waals surface area contributed by atoms with Crippen LogP contribution in [0.25, 0.3) is 10.1 Å². The van der Waals surface area contributed by atoms with Gasteiger partial charge in [-0.2, -0.15) is 0 Å². The first-order valence-electron chi connectivity index (χ1n) is 7.69. The highest BCUT2D eigenvalue weighted by Gasteiger charge is 2.21. The second kappa shape index (κ2) is 6.42. The number of hydrogen-bond acceptors (Lipinski definition) is 3. The molecule has 0 spiro atoms. The van der Waals surface area contributed by atoms with Crippen LogP contribution in [0.5, 0.6) is 0 Å². The van der Waals surface area contributed by atoms with Crippen LogP contribution in [0, 0.1) is 11.7 Å². The van der Waals surface area contributed by atoms with Crippen molar-refractivity contribution in [2.45, 2.75) is 51.9 Å². The molecule has 0 unspecified atom stereocenters. The lowest BCUT2D eigenvalue weighted by molar-refractivity contribution is 0.00909. The highest BCUT2D eigenvalue weighted by molar-refractivity contribution is 7.19. The van der Waals surface area contributed by atoms with Crippen molar-refractivity contribution in [3.05, 3.63) is 34.5 Å². The van der Waals surface area contributed by atoms with E-state index in [1.165, 1.54) is 18.9 Å². The lowest BCUT2D eigenvalue weighted by Crippen LogP contribution is -2.20. The Morgan fingerprint density at radius 1 is 1.29 bits per heavy atom. The number of ether oxygens (including phenoxy) is 1. The Labute approximate surface area is 129 Å². The van der Waals surface area contributed by atoms with Crippen molar-refractivity contribution >= 4 is 21.4 Å².